The van der Waals surface area contributed by atoms with Crippen LogP contribution in [0.3, 0.4) is 0 Å². The summed E-state index contributed by atoms with van der Waals surface area (Å²) < 4.78 is 23.7. The minimum atomic E-state index is -0.225. The summed E-state index contributed by atoms with van der Waals surface area (Å²) in [6, 6.07) is 12.4. The van der Waals surface area contributed by atoms with Gasteiger partial charge in [-0.3, -0.25) is 4.99 Å². The normalized spacial score (nSPS) is 10.8. The molecule has 2 rings (SSSR count). The van der Waals surface area contributed by atoms with Crippen molar-refractivity contribution in [2.45, 2.75) is 19.9 Å². The van der Waals surface area contributed by atoms with Crippen molar-refractivity contribution in [1.29, 1.82) is 0 Å². The quantitative estimate of drug-likeness (QED) is 0.336. The van der Waals surface area contributed by atoms with Crippen LogP contribution < -0.4 is 14.8 Å². The van der Waals surface area contributed by atoms with Crippen LogP contribution in [0.15, 0.2) is 47.5 Å². The molecule has 0 unspecified atom stereocenters. The molecule has 0 saturated carbocycles. The van der Waals surface area contributed by atoms with Gasteiger partial charge in [0.15, 0.2) is 17.5 Å². The lowest BCUT2D eigenvalue weighted by Gasteiger charge is -2.22. The molecule has 0 aliphatic carbocycles. The molecule has 0 bridgehead atoms. The van der Waals surface area contributed by atoms with Crippen LogP contribution in [0.4, 0.5) is 4.39 Å². The summed E-state index contributed by atoms with van der Waals surface area (Å²) in [5.74, 6) is 2.04. The third-order valence-electron chi connectivity index (χ3n) is 4.14. The Morgan fingerprint density at radius 2 is 1.68 bits per heavy atom. The Hall–Kier alpha value is -2.03. The first-order valence-corrected chi connectivity index (χ1v) is 9.02. The zero-order valence-corrected chi connectivity index (χ0v) is 19.2. The van der Waals surface area contributed by atoms with Crippen LogP contribution in [0.5, 0.6) is 11.5 Å². The molecular weight excluding hydrogens is 472 g/mol. The summed E-state index contributed by atoms with van der Waals surface area (Å²) in [6.45, 7) is 4.12. The topological polar surface area (TPSA) is 46.1 Å². The van der Waals surface area contributed by atoms with Gasteiger partial charge in [0.25, 0.3) is 0 Å². The van der Waals surface area contributed by atoms with E-state index < -0.39 is 0 Å². The zero-order chi connectivity index (χ0) is 19.6. The Bertz CT molecular complexity index is 754. The highest BCUT2D eigenvalue weighted by atomic mass is 127. The van der Waals surface area contributed by atoms with E-state index in [1.54, 1.807) is 26.4 Å². The van der Waals surface area contributed by atoms with E-state index in [-0.39, 0.29) is 29.8 Å². The van der Waals surface area contributed by atoms with E-state index in [9.17, 15) is 4.39 Å². The van der Waals surface area contributed by atoms with Crippen LogP contribution in [0.2, 0.25) is 0 Å². The van der Waals surface area contributed by atoms with Crippen molar-refractivity contribution in [3.05, 3.63) is 59.4 Å². The minimum Gasteiger partial charge on any atom is -0.493 e. The maximum absolute atomic E-state index is 13.1. The minimum absolute atomic E-state index is 0. The van der Waals surface area contributed by atoms with E-state index in [0.717, 1.165) is 41.6 Å². The molecule has 0 radical (unpaired) electrons. The fourth-order valence-electron chi connectivity index (χ4n) is 2.74. The second-order valence-corrected chi connectivity index (χ2v) is 6.16. The highest BCUT2D eigenvalue weighted by Crippen LogP contribution is 2.27. The molecule has 0 fully saturated rings. The Morgan fingerprint density at radius 3 is 2.29 bits per heavy atom. The number of nitrogens with zero attached hydrogens (tertiary/aromatic N) is 2. The summed E-state index contributed by atoms with van der Waals surface area (Å²) in [5.41, 5.74) is 2.16. The number of aliphatic imine (C=N–C) groups is 1. The van der Waals surface area contributed by atoms with Gasteiger partial charge in [-0.1, -0.05) is 18.2 Å². The standard InChI is InChI=1S/C21H28FN3O2.HI/c1-5-23-21(25(2)15-17-6-9-18(22)10-7-17)24-13-12-16-8-11-19(26-3)20(14-16)27-4;/h6-11,14H,5,12-13,15H2,1-4H3,(H,23,24);1H. The summed E-state index contributed by atoms with van der Waals surface area (Å²) in [6.07, 6.45) is 0.791. The molecule has 2 aromatic rings. The molecule has 154 valence electrons. The molecule has 0 aromatic heterocycles. The SMILES string of the molecule is CCNC(=NCCc1ccc(OC)c(OC)c1)N(C)Cc1ccc(F)cc1.I. The van der Waals surface area contributed by atoms with Gasteiger partial charge in [0, 0.05) is 26.7 Å². The molecule has 0 atom stereocenters. The van der Waals surface area contributed by atoms with Crippen molar-refractivity contribution < 1.29 is 13.9 Å². The average Bonchev–Trinajstić information content (AvgIpc) is 2.68. The summed E-state index contributed by atoms with van der Waals surface area (Å²) in [4.78, 5) is 6.74. The van der Waals surface area contributed by atoms with Crippen molar-refractivity contribution in [2.75, 3.05) is 34.4 Å². The van der Waals surface area contributed by atoms with Crippen LogP contribution in [0, 0.1) is 5.82 Å². The Morgan fingerprint density at radius 1 is 1.04 bits per heavy atom. The zero-order valence-electron chi connectivity index (χ0n) is 16.9. The predicted molar refractivity (Wildman–Crippen MR) is 123 cm³/mol. The van der Waals surface area contributed by atoms with Gasteiger partial charge in [-0.15, -0.1) is 24.0 Å². The molecule has 7 heteroatoms. The molecule has 0 aliphatic heterocycles. The average molecular weight is 501 g/mol. The van der Waals surface area contributed by atoms with Gasteiger partial charge in [0.05, 0.1) is 14.2 Å². The Balaban J connectivity index is 0.00000392. The van der Waals surface area contributed by atoms with Crippen molar-refractivity contribution in [2.24, 2.45) is 4.99 Å². The molecule has 1 N–H and O–H groups in total. The Kier molecular flexibility index (Phi) is 10.7. The van der Waals surface area contributed by atoms with Crippen LogP contribution in [-0.4, -0.2) is 45.2 Å². The van der Waals surface area contributed by atoms with Crippen LogP contribution in [-0.2, 0) is 13.0 Å². The van der Waals surface area contributed by atoms with E-state index in [1.165, 1.54) is 12.1 Å². The monoisotopic (exact) mass is 501 g/mol. The van der Waals surface area contributed by atoms with Gasteiger partial charge in [-0.05, 0) is 48.7 Å². The fraction of sp³-hybridized carbons (Fsp3) is 0.381. The van der Waals surface area contributed by atoms with Gasteiger partial charge in [-0.25, -0.2) is 4.39 Å². The van der Waals surface area contributed by atoms with E-state index in [0.29, 0.717) is 13.1 Å². The second kappa shape index (κ2) is 12.4. The lowest BCUT2D eigenvalue weighted by molar-refractivity contribution is 0.354. The van der Waals surface area contributed by atoms with Crippen molar-refractivity contribution >= 4 is 29.9 Å². The van der Waals surface area contributed by atoms with Crippen molar-refractivity contribution in [1.82, 2.24) is 10.2 Å². The third-order valence-corrected chi connectivity index (χ3v) is 4.14. The molecular formula is C21H29FIN3O2. The van der Waals surface area contributed by atoms with Crippen molar-refractivity contribution in [3.63, 3.8) is 0 Å². The van der Waals surface area contributed by atoms with E-state index in [1.807, 2.05) is 37.1 Å². The fourth-order valence-corrected chi connectivity index (χ4v) is 2.74. The largest absolute Gasteiger partial charge is 0.493 e. The van der Waals surface area contributed by atoms with Gasteiger partial charge in [-0.2, -0.15) is 0 Å². The molecule has 0 amide bonds. The molecule has 0 saturated heterocycles. The number of methoxy groups -OCH3 is 2. The van der Waals surface area contributed by atoms with Crippen molar-refractivity contribution in [3.8, 4) is 11.5 Å². The number of benzene rings is 2. The lowest BCUT2D eigenvalue weighted by atomic mass is 10.1. The van der Waals surface area contributed by atoms with Crippen LogP contribution in [0.1, 0.15) is 18.1 Å². The second-order valence-electron chi connectivity index (χ2n) is 6.16. The highest BCUT2D eigenvalue weighted by Gasteiger charge is 2.08. The number of hydrogen-bond acceptors (Lipinski definition) is 3. The maximum atomic E-state index is 13.1. The van der Waals surface area contributed by atoms with Crippen LogP contribution >= 0.6 is 24.0 Å². The Labute approximate surface area is 184 Å². The van der Waals surface area contributed by atoms with Gasteiger partial charge in [0.1, 0.15) is 5.82 Å². The molecule has 0 aliphatic rings. The number of rotatable bonds is 8. The first kappa shape index (κ1) is 24.0. The van der Waals surface area contributed by atoms with Gasteiger partial charge in [0.2, 0.25) is 0 Å². The number of ether oxygens (including phenoxy) is 2. The highest BCUT2D eigenvalue weighted by molar-refractivity contribution is 14.0. The van der Waals surface area contributed by atoms with Crippen LogP contribution in [0.25, 0.3) is 0 Å². The molecule has 0 spiro atoms. The molecule has 2 aromatic carbocycles. The molecule has 0 heterocycles. The van der Waals surface area contributed by atoms with E-state index in [4.69, 9.17) is 14.5 Å². The predicted octanol–water partition coefficient (Wildman–Crippen LogP) is 4.10. The number of halogens is 2. The lowest BCUT2D eigenvalue weighted by Crippen LogP contribution is -2.38. The number of guanidine groups is 1. The number of nitrogens with one attached hydrogen (secondary N) is 1. The summed E-state index contributed by atoms with van der Waals surface area (Å²) >= 11 is 0. The van der Waals surface area contributed by atoms with E-state index >= 15 is 0 Å². The summed E-state index contributed by atoms with van der Waals surface area (Å²) in [7, 11) is 5.23. The third kappa shape index (κ3) is 7.18. The van der Waals surface area contributed by atoms with Gasteiger partial charge < -0.3 is 19.7 Å². The molecule has 5 nitrogen and oxygen atoms in total. The van der Waals surface area contributed by atoms with Gasteiger partial charge >= 0.3 is 0 Å². The maximum Gasteiger partial charge on any atom is 0.193 e. The summed E-state index contributed by atoms with van der Waals surface area (Å²) in [5, 5.41) is 3.30. The number of hydrogen-bond donors (Lipinski definition) is 1. The molecule has 28 heavy (non-hydrogen) atoms. The smallest absolute Gasteiger partial charge is 0.193 e. The van der Waals surface area contributed by atoms with E-state index in [2.05, 4.69) is 5.32 Å². The first-order valence-electron chi connectivity index (χ1n) is 9.02. The first-order chi connectivity index (χ1) is 13.1.